The minimum Gasteiger partial charge on any atom is -0.481 e. The van der Waals surface area contributed by atoms with Gasteiger partial charge in [0.2, 0.25) is 5.82 Å². The molecule has 0 bridgehead atoms. The third kappa shape index (κ3) is 10.8. The molecule has 0 saturated heterocycles. The molecular weight excluding hydrogens is 436 g/mol. The molecule has 33 heavy (non-hydrogen) atoms. The fourth-order valence-corrected chi connectivity index (χ4v) is 4.51. The van der Waals surface area contributed by atoms with E-state index in [1.165, 1.54) is 56.7 Å². The number of aliphatic hydroxyl groups excluding tert-OH is 1. The maximum absolute atomic E-state index is 10.9. The molecule has 3 N–H and O–H groups in total. The van der Waals surface area contributed by atoms with Gasteiger partial charge in [0, 0.05) is 11.3 Å². The molecule has 0 saturated carbocycles. The van der Waals surface area contributed by atoms with Crippen molar-refractivity contribution in [2.24, 2.45) is 0 Å². The predicted octanol–water partition coefficient (Wildman–Crippen LogP) is 5.73. The Bertz CT molecular complexity index is 838. The van der Waals surface area contributed by atoms with Gasteiger partial charge in [-0.1, -0.05) is 94.0 Å². The summed E-state index contributed by atoms with van der Waals surface area (Å²) in [7, 11) is 0. The number of carboxylic acids is 1. The molecule has 0 amide bonds. The Balaban J connectivity index is 1.87. The topological polar surface area (TPSA) is 112 Å². The lowest BCUT2D eigenvalue weighted by molar-refractivity contribution is -0.136. The van der Waals surface area contributed by atoms with Crippen LogP contribution in [-0.2, 0) is 4.79 Å². The summed E-state index contributed by atoms with van der Waals surface area (Å²) < 4.78 is 0. The normalized spacial score (nSPS) is 13.6. The summed E-state index contributed by atoms with van der Waals surface area (Å²) in [5, 5.41) is 33.5. The molecule has 0 fully saturated rings. The van der Waals surface area contributed by atoms with Gasteiger partial charge in [-0.25, -0.2) is 0 Å². The molecule has 1 aromatic heterocycles. The molecule has 0 aliphatic rings. The number of rotatable bonds is 17. The molecule has 0 aliphatic carbocycles. The van der Waals surface area contributed by atoms with Crippen LogP contribution in [0.15, 0.2) is 48.6 Å². The predicted molar refractivity (Wildman–Crippen MR) is 134 cm³/mol. The van der Waals surface area contributed by atoms with Gasteiger partial charge in [-0.3, -0.25) is 4.79 Å². The lowest BCUT2D eigenvalue weighted by Crippen LogP contribution is -2.14. The zero-order chi connectivity index (χ0) is 23.7. The minimum atomic E-state index is -0.834. The van der Waals surface area contributed by atoms with Crippen molar-refractivity contribution in [2.45, 2.75) is 76.1 Å². The van der Waals surface area contributed by atoms with E-state index in [9.17, 15) is 9.90 Å². The number of unbranched alkanes of at least 4 members (excludes halogenated alkanes) is 7. The van der Waals surface area contributed by atoms with E-state index in [1.54, 1.807) is 0 Å². The van der Waals surface area contributed by atoms with Gasteiger partial charge in [-0.15, -0.1) is 10.2 Å². The van der Waals surface area contributed by atoms with E-state index in [2.05, 4.69) is 33.6 Å². The number of carboxylic acid groups (broad SMARTS) is 1. The van der Waals surface area contributed by atoms with Crippen LogP contribution in [0.3, 0.4) is 0 Å². The smallest absolute Gasteiger partial charge is 0.304 e. The van der Waals surface area contributed by atoms with Crippen LogP contribution in [0.1, 0.15) is 76.4 Å². The number of aliphatic carboxylic acids is 1. The van der Waals surface area contributed by atoms with Crippen molar-refractivity contribution in [3.05, 3.63) is 54.1 Å². The van der Waals surface area contributed by atoms with E-state index in [0.717, 1.165) is 17.5 Å². The van der Waals surface area contributed by atoms with E-state index in [1.807, 2.05) is 42.5 Å². The van der Waals surface area contributed by atoms with Crippen LogP contribution in [-0.4, -0.2) is 47.8 Å². The molecule has 2 aromatic rings. The van der Waals surface area contributed by atoms with E-state index < -0.39 is 12.1 Å². The maximum atomic E-state index is 10.9. The number of aromatic amines is 1. The Labute approximate surface area is 200 Å². The Kier molecular flexibility index (Phi) is 13.2. The van der Waals surface area contributed by atoms with Crippen LogP contribution >= 0.6 is 11.8 Å². The Hall–Kier alpha value is -2.45. The average Bonchev–Trinajstić information content (AvgIpc) is 3.36. The maximum Gasteiger partial charge on any atom is 0.304 e. The number of nitrogens with one attached hydrogen (secondary N) is 1. The number of tetrazole rings is 1. The fourth-order valence-electron chi connectivity index (χ4n) is 3.41. The summed E-state index contributed by atoms with van der Waals surface area (Å²) in [5.41, 5.74) is 1.56. The number of carbonyl (C=O) groups is 1. The highest BCUT2D eigenvalue weighted by Crippen LogP contribution is 2.29. The van der Waals surface area contributed by atoms with Gasteiger partial charge in [-0.2, -0.15) is 17.0 Å². The number of allylic oxidation sites excluding steroid dienone is 3. The van der Waals surface area contributed by atoms with Crippen molar-refractivity contribution < 1.29 is 15.0 Å². The lowest BCUT2D eigenvalue weighted by atomic mass is 10.0. The number of thioether (sulfide) groups is 1. The molecule has 180 valence electrons. The van der Waals surface area contributed by atoms with Crippen molar-refractivity contribution in [3.8, 4) is 11.4 Å². The van der Waals surface area contributed by atoms with Gasteiger partial charge in [-0.05, 0) is 23.6 Å². The molecular formula is C25H36N4O3S. The summed E-state index contributed by atoms with van der Waals surface area (Å²) in [6.07, 6.45) is 17.5. The van der Waals surface area contributed by atoms with E-state index in [-0.39, 0.29) is 11.7 Å². The van der Waals surface area contributed by atoms with E-state index in [4.69, 9.17) is 5.11 Å². The number of nitrogens with zero attached hydrogens (tertiary/aromatic N) is 3. The first-order chi connectivity index (χ1) is 16.1. The molecule has 1 heterocycles. The second-order valence-electron chi connectivity index (χ2n) is 8.00. The number of aliphatic hydroxyl groups is 1. The Morgan fingerprint density at radius 1 is 1.09 bits per heavy atom. The van der Waals surface area contributed by atoms with Gasteiger partial charge in [0.1, 0.15) is 0 Å². The molecule has 8 heteroatoms. The van der Waals surface area contributed by atoms with Gasteiger partial charge in [0.25, 0.3) is 0 Å². The van der Waals surface area contributed by atoms with Gasteiger partial charge < -0.3 is 10.2 Å². The van der Waals surface area contributed by atoms with Crippen molar-refractivity contribution >= 4 is 17.7 Å². The summed E-state index contributed by atoms with van der Waals surface area (Å²) >= 11 is 1.44. The second kappa shape index (κ2) is 16.2. The van der Waals surface area contributed by atoms with Crippen molar-refractivity contribution in [1.82, 2.24) is 20.6 Å². The van der Waals surface area contributed by atoms with Crippen LogP contribution in [0.2, 0.25) is 0 Å². The first-order valence-electron chi connectivity index (χ1n) is 11.8. The standard InChI is InChI=1S/C25H36N4O3S/c1-2-3-4-5-6-7-8-9-10-11-12-13-22(33-19-18-23(30)31)24(32)20-14-16-21(17-15-20)25-26-28-29-27-25/h10-17,22,24,32H,2-9,18-19H2,1H3,(H,30,31)(H,26,27,28,29)/b11-10-,13-12+/t22-,24+/m1/s1. The third-order valence-corrected chi connectivity index (χ3v) is 6.56. The highest BCUT2D eigenvalue weighted by atomic mass is 32.2. The summed E-state index contributed by atoms with van der Waals surface area (Å²) in [5.74, 6) is 0.0950. The minimum absolute atomic E-state index is 0.0621. The Morgan fingerprint density at radius 2 is 1.82 bits per heavy atom. The molecule has 0 aliphatic heterocycles. The van der Waals surface area contributed by atoms with Crippen LogP contribution < -0.4 is 0 Å². The monoisotopic (exact) mass is 472 g/mol. The molecule has 1 aromatic carbocycles. The van der Waals surface area contributed by atoms with Crippen LogP contribution in [0, 0.1) is 0 Å². The second-order valence-corrected chi connectivity index (χ2v) is 9.29. The van der Waals surface area contributed by atoms with Crippen LogP contribution in [0.25, 0.3) is 11.4 Å². The van der Waals surface area contributed by atoms with Gasteiger partial charge in [0.05, 0.1) is 17.8 Å². The highest BCUT2D eigenvalue weighted by Gasteiger charge is 2.19. The van der Waals surface area contributed by atoms with Gasteiger partial charge >= 0.3 is 5.97 Å². The summed E-state index contributed by atoms with van der Waals surface area (Å²) in [6, 6.07) is 7.36. The summed E-state index contributed by atoms with van der Waals surface area (Å²) in [4.78, 5) is 10.9. The molecule has 0 spiro atoms. The first kappa shape index (κ1) is 26.8. The van der Waals surface area contributed by atoms with Crippen LogP contribution in [0.5, 0.6) is 0 Å². The molecule has 7 nitrogen and oxygen atoms in total. The highest BCUT2D eigenvalue weighted by molar-refractivity contribution is 8.00. The molecule has 2 rings (SSSR count). The van der Waals surface area contributed by atoms with Crippen molar-refractivity contribution in [3.63, 3.8) is 0 Å². The first-order valence-corrected chi connectivity index (χ1v) is 12.8. The van der Waals surface area contributed by atoms with Gasteiger partial charge in [0.15, 0.2) is 0 Å². The molecule has 2 atom stereocenters. The third-order valence-electron chi connectivity index (χ3n) is 5.32. The molecule has 0 radical (unpaired) electrons. The largest absolute Gasteiger partial charge is 0.481 e. The zero-order valence-electron chi connectivity index (χ0n) is 19.4. The number of H-pyrrole nitrogens is 1. The van der Waals surface area contributed by atoms with Crippen LogP contribution in [0.4, 0.5) is 0 Å². The van der Waals surface area contributed by atoms with E-state index >= 15 is 0 Å². The number of hydrogen-bond donors (Lipinski definition) is 3. The SMILES string of the molecule is CCCCCCCCC/C=C\C=C\[C@@H](SCCC(=O)O)[C@@H](O)c1ccc(-c2nn[nH]n2)cc1. The number of aromatic nitrogens is 4. The quantitative estimate of drug-likeness (QED) is 0.199. The lowest BCUT2D eigenvalue weighted by Gasteiger charge is -2.20. The van der Waals surface area contributed by atoms with E-state index in [0.29, 0.717) is 11.6 Å². The van der Waals surface area contributed by atoms with Crippen molar-refractivity contribution in [2.75, 3.05) is 5.75 Å². The fraction of sp³-hybridized carbons (Fsp3) is 0.520. The number of hydrogen-bond acceptors (Lipinski definition) is 6. The summed E-state index contributed by atoms with van der Waals surface area (Å²) in [6.45, 7) is 2.24. The zero-order valence-corrected chi connectivity index (χ0v) is 20.2. The van der Waals surface area contributed by atoms with Crippen molar-refractivity contribution in [1.29, 1.82) is 0 Å². The average molecular weight is 473 g/mol. The Morgan fingerprint density at radius 3 is 2.48 bits per heavy atom. The molecule has 0 unspecified atom stereocenters. The number of benzene rings is 1.